The van der Waals surface area contributed by atoms with Gasteiger partial charge in [0.2, 0.25) is 0 Å². The maximum absolute atomic E-state index is 12.0. The van der Waals surface area contributed by atoms with Crippen molar-refractivity contribution in [3.63, 3.8) is 0 Å². The molecule has 0 amide bonds. The molecule has 0 aromatic carbocycles. The Balaban J connectivity index is 3.30. The Hall–Kier alpha value is -2.50. The lowest BCUT2D eigenvalue weighted by molar-refractivity contribution is -0.274. The molecule has 1 aromatic rings. The van der Waals surface area contributed by atoms with Crippen molar-refractivity contribution < 1.29 is 27.4 Å². The van der Waals surface area contributed by atoms with Crippen LogP contribution < -0.4 is 10.5 Å². The van der Waals surface area contributed by atoms with Crippen LogP contribution in [0.3, 0.4) is 0 Å². The van der Waals surface area contributed by atoms with E-state index in [1.807, 2.05) is 0 Å². The van der Waals surface area contributed by atoms with E-state index in [-0.39, 0.29) is 0 Å². The normalized spacial score (nSPS) is 10.6. The summed E-state index contributed by atoms with van der Waals surface area (Å²) in [5.41, 5.74) is 3.65. The maximum atomic E-state index is 12.0. The minimum Gasteiger partial charge on any atom is -0.464 e. The van der Waals surface area contributed by atoms with Crippen LogP contribution in [0.1, 0.15) is 16.1 Å². The quantitative estimate of drug-likeness (QED) is 0.803. The van der Waals surface area contributed by atoms with Crippen LogP contribution in [0.2, 0.25) is 0 Å². The number of carbonyl (C=O) groups is 1. The third kappa shape index (κ3) is 2.79. The molecule has 0 saturated carbocycles. The molecule has 0 aliphatic carbocycles. The molecule has 6 nitrogen and oxygen atoms in total. The summed E-state index contributed by atoms with van der Waals surface area (Å²) in [6, 6.07) is 1.47. The van der Waals surface area contributed by atoms with Gasteiger partial charge in [-0.25, -0.2) is 9.78 Å². The van der Waals surface area contributed by atoms with E-state index in [0.717, 1.165) is 7.11 Å². The van der Waals surface area contributed by atoms with Gasteiger partial charge in [0.05, 0.1) is 19.0 Å². The average Bonchev–Trinajstić information content (AvgIpc) is 2.28. The Bertz CT molecular complexity index is 522. The molecular weight excluding hydrogens is 255 g/mol. The van der Waals surface area contributed by atoms with Crippen molar-refractivity contribution in [2.75, 3.05) is 12.8 Å². The number of esters is 1. The minimum absolute atomic E-state index is 0.480. The number of ether oxygens (including phenoxy) is 2. The number of hydrogen-bond donors (Lipinski definition) is 1. The largest absolute Gasteiger partial charge is 0.573 e. The molecule has 1 rings (SSSR count). The van der Waals surface area contributed by atoms with Gasteiger partial charge in [-0.1, -0.05) is 0 Å². The zero-order chi connectivity index (χ0) is 13.9. The van der Waals surface area contributed by atoms with Crippen molar-refractivity contribution in [3.05, 3.63) is 17.5 Å². The van der Waals surface area contributed by atoms with E-state index in [2.05, 4.69) is 14.5 Å². The van der Waals surface area contributed by atoms with Crippen molar-refractivity contribution >= 4 is 11.7 Å². The molecule has 1 heterocycles. The van der Waals surface area contributed by atoms with Gasteiger partial charge >= 0.3 is 12.3 Å². The van der Waals surface area contributed by atoms with Gasteiger partial charge in [0.25, 0.3) is 0 Å². The van der Waals surface area contributed by atoms with E-state index >= 15 is 0 Å². The second-order valence-corrected chi connectivity index (χ2v) is 2.91. The van der Waals surface area contributed by atoms with Gasteiger partial charge in [-0.05, 0) is 0 Å². The van der Waals surface area contributed by atoms with Crippen LogP contribution in [0.5, 0.6) is 5.75 Å². The van der Waals surface area contributed by atoms with Crippen LogP contribution in [0, 0.1) is 11.3 Å². The monoisotopic (exact) mass is 261 g/mol. The van der Waals surface area contributed by atoms with Gasteiger partial charge in [-0.15, -0.1) is 13.2 Å². The van der Waals surface area contributed by atoms with Crippen LogP contribution in [0.4, 0.5) is 18.9 Å². The van der Waals surface area contributed by atoms with Gasteiger partial charge in [0, 0.05) is 0 Å². The summed E-state index contributed by atoms with van der Waals surface area (Å²) < 4.78 is 43.9. The van der Waals surface area contributed by atoms with E-state index < -0.39 is 35.0 Å². The molecular formula is C9H6F3N3O3. The van der Waals surface area contributed by atoms with Crippen LogP contribution in [0.25, 0.3) is 0 Å². The Morgan fingerprint density at radius 1 is 1.56 bits per heavy atom. The fraction of sp³-hybridized carbons (Fsp3) is 0.222. The summed E-state index contributed by atoms with van der Waals surface area (Å²) in [6.45, 7) is 0. The zero-order valence-corrected chi connectivity index (χ0v) is 8.91. The third-order valence-electron chi connectivity index (χ3n) is 1.80. The Labute approximate surface area is 98.7 Å². The van der Waals surface area contributed by atoms with Crippen LogP contribution >= 0.6 is 0 Å². The highest BCUT2D eigenvalue weighted by atomic mass is 19.4. The second kappa shape index (κ2) is 4.79. The van der Waals surface area contributed by atoms with Gasteiger partial charge in [0.1, 0.15) is 11.6 Å². The summed E-state index contributed by atoms with van der Waals surface area (Å²) >= 11 is 0. The van der Waals surface area contributed by atoms with Crippen LogP contribution in [-0.2, 0) is 4.74 Å². The Morgan fingerprint density at radius 2 is 2.17 bits per heavy atom. The first-order valence-electron chi connectivity index (χ1n) is 4.32. The molecule has 96 valence electrons. The number of nitrogens with zero attached hydrogens (tertiary/aromatic N) is 2. The van der Waals surface area contributed by atoms with E-state index in [1.54, 1.807) is 0 Å². The van der Waals surface area contributed by atoms with Crippen molar-refractivity contribution in [3.8, 4) is 11.8 Å². The third-order valence-corrected chi connectivity index (χ3v) is 1.80. The van der Waals surface area contributed by atoms with Crippen molar-refractivity contribution in [2.24, 2.45) is 0 Å². The first-order chi connectivity index (χ1) is 8.30. The van der Waals surface area contributed by atoms with E-state index in [1.165, 1.54) is 6.07 Å². The first-order valence-corrected chi connectivity index (χ1v) is 4.32. The summed E-state index contributed by atoms with van der Waals surface area (Å²) in [5, 5.41) is 8.75. The SMILES string of the molecule is COC(=O)c1ncc(OC(F)(F)F)c(N)c1C#N. The fourth-order valence-corrected chi connectivity index (χ4v) is 1.08. The molecule has 0 atom stereocenters. The molecule has 2 N–H and O–H groups in total. The minimum atomic E-state index is -4.98. The van der Waals surface area contributed by atoms with E-state index in [0.29, 0.717) is 6.20 Å². The summed E-state index contributed by atoms with van der Waals surface area (Å²) in [7, 11) is 1.03. The molecule has 0 spiro atoms. The summed E-state index contributed by atoms with van der Waals surface area (Å²) in [6.07, 6.45) is -4.38. The number of anilines is 1. The van der Waals surface area contributed by atoms with Crippen LogP contribution in [-0.4, -0.2) is 24.4 Å². The lowest BCUT2D eigenvalue weighted by Gasteiger charge is -2.12. The van der Waals surface area contributed by atoms with Gasteiger partial charge in [-0.3, -0.25) is 0 Å². The highest BCUT2D eigenvalue weighted by Gasteiger charge is 2.33. The van der Waals surface area contributed by atoms with Gasteiger partial charge < -0.3 is 15.2 Å². The predicted octanol–water partition coefficient (Wildman–Crippen LogP) is 1.22. The van der Waals surface area contributed by atoms with Crippen LogP contribution in [0.15, 0.2) is 6.20 Å². The number of pyridine rings is 1. The number of carbonyl (C=O) groups excluding carboxylic acids is 1. The number of hydrogen-bond acceptors (Lipinski definition) is 6. The van der Waals surface area contributed by atoms with E-state index in [4.69, 9.17) is 11.0 Å². The topological polar surface area (TPSA) is 98.2 Å². The highest BCUT2D eigenvalue weighted by molar-refractivity contribution is 5.92. The fourth-order valence-electron chi connectivity index (χ4n) is 1.08. The van der Waals surface area contributed by atoms with Crippen molar-refractivity contribution in [2.45, 2.75) is 6.36 Å². The van der Waals surface area contributed by atoms with Gasteiger partial charge in [0.15, 0.2) is 11.4 Å². The standard InChI is InChI=1S/C9H6F3N3O3/c1-17-8(16)7-4(2-13)6(14)5(3-15-7)18-9(10,11)12/h3H,1H3,(H2,14,15). The zero-order valence-electron chi connectivity index (χ0n) is 8.91. The lowest BCUT2D eigenvalue weighted by atomic mass is 10.1. The second-order valence-electron chi connectivity index (χ2n) is 2.91. The number of aromatic nitrogens is 1. The van der Waals surface area contributed by atoms with Gasteiger partial charge in [-0.2, -0.15) is 5.26 Å². The Morgan fingerprint density at radius 3 is 2.61 bits per heavy atom. The maximum Gasteiger partial charge on any atom is 0.573 e. The summed E-state index contributed by atoms with van der Waals surface area (Å²) in [4.78, 5) is 14.6. The van der Waals surface area contributed by atoms with Crippen molar-refractivity contribution in [1.82, 2.24) is 4.98 Å². The average molecular weight is 261 g/mol. The molecule has 0 saturated heterocycles. The number of nitrogens with two attached hydrogens (primary N) is 1. The molecule has 9 heteroatoms. The number of rotatable bonds is 2. The number of halogens is 3. The Kier molecular flexibility index (Phi) is 3.61. The lowest BCUT2D eigenvalue weighted by Crippen LogP contribution is -2.19. The highest BCUT2D eigenvalue weighted by Crippen LogP contribution is 2.31. The number of methoxy groups -OCH3 is 1. The molecule has 0 bridgehead atoms. The number of nitriles is 1. The smallest absolute Gasteiger partial charge is 0.464 e. The molecule has 0 radical (unpaired) electrons. The van der Waals surface area contributed by atoms with E-state index in [9.17, 15) is 18.0 Å². The molecule has 0 fully saturated rings. The molecule has 1 aromatic heterocycles. The number of nitrogen functional groups attached to an aromatic ring is 1. The first kappa shape index (κ1) is 13.6. The molecule has 0 aliphatic rings. The molecule has 0 aliphatic heterocycles. The predicted molar refractivity (Wildman–Crippen MR) is 51.4 cm³/mol. The number of alkyl halides is 3. The summed E-state index contributed by atoms with van der Waals surface area (Å²) in [5.74, 6) is -1.84. The molecule has 18 heavy (non-hydrogen) atoms. The molecule has 0 unspecified atom stereocenters. The van der Waals surface area contributed by atoms with Crippen molar-refractivity contribution in [1.29, 1.82) is 5.26 Å².